The van der Waals surface area contributed by atoms with Crippen LogP contribution < -0.4 is 0 Å². The lowest BCUT2D eigenvalue weighted by Crippen LogP contribution is -2.62. The second kappa shape index (κ2) is 16.8. The molecule has 0 aromatic rings. The molecule has 0 aliphatic carbocycles. The first-order valence-corrected chi connectivity index (χ1v) is 19.0. The quantitative estimate of drug-likeness (QED) is 0.275. The summed E-state index contributed by atoms with van der Waals surface area (Å²) >= 11 is 0. The first-order valence-electron chi connectivity index (χ1n) is 19.0. The largest absolute Gasteiger partial charge is 0.298 e. The minimum Gasteiger partial charge on any atom is -0.298 e. The van der Waals surface area contributed by atoms with Crippen LogP contribution in [0.25, 0.3) is 0 Å². The van der Waals surface area contributed by atoms with Crippen molar-refractivity contribution in [1.29, 1.82) is 0 Å². The van der Waals surface area contributed by atoms with Crippen molar-refractivity contribution in [1.82, 2.24) is 24.5 Å². The highest BCUT2D eigenvalue weighted by molar-refractivity contribution is 4.95. The average molecular weight is 672 g/mol. The Morgan fingerprint density at radius 3 is 0.915 bits per heavy atom. The van der Waals surface area contributed by atoms with Gasteiger partial charge in [0.25, 0.3) is 5.92 Å². The van der Waals surface area contributed by atoms with Gasteiger partial charge in [-0.25, -0.2) is 8.78 Å². The van der Waals surface area contributed by atoms with Crippen LogP contribution in [0.15, 0.2) is 0 Å². The van der Waals surface area contributed by atoms with E-state index in [4.69, 9.17) is 0 Å². The normalized spacial score (nSPS) is 24.3. The van der Waals surface area contributed by atoms with Gasteiger partial charge in [-0.05, 0) is 161 Å². The molecule has 47 heavy (non-hydrogen) atoms. The summed E-state index contributed by atoms with van der Waals surface area (Å²) in [5, 5.41) is 0. The van der Waals surface area contributed by atoms with Crippen LogP contribution in [0, 0.1) is 11.3 Å². The standard InChI is InChI=1S/2C9H19N.C8H17N.C7H13F2N.C7H15N/c1-8(2,3)10-6-9(4,5)7-10;1-5-8-6-10(7-8)9(2,3)4;1-8(2,3)9-6-4-5-7-9;1-6(2,3)10-4-7(8,9)5-10;1-7(2,3)8-5-4-6-8/h6-7H2,1-5H3;8H,5-7H2,1-4H3;4-7H2,1-3H3;4-5H2,1-3H3;4-6H2,1-3H3. The summed E-state index contributed by atoms with van der Waals surface area (Å²) in [6, 6.07) is 0. The smallest absolute Gasteiger partial charge is 0.272 e. The molecule has 0 saturated carbocycles. The van der Waals surface area contributed by atoms with Gasteiger partial charge in [0.15, 0.2) is 0 Å². The Labute approximate surface area is 293 Å². The van der Waals surface area contributed by atoms with E-state index in [2.05, 4.69) is 123 Å². The maximum absolute atomic E-state index is 12.3. The van der Waals surface area contributed by atoms with Crippen LogP contribution in [-0.2, 0) is 0 Å². The number of hydrogen-bond donors (Lipinski definition) is 0. The van der Waals surface area contributed by atoms with Crippen molar-refractivity contribution in [2.24, 2.45) is 11.3 Å². The fourth-order valence-corrected chi connectivity index (χ4v) is 6.20. The summed E-state index contributed by atoms with van der Waals surface area (Å²) in [5.41, 5.74) is 2.12. The third-order valence-corrected chi connectivity index (χ3v) is 10.3. The van der Waals surface area contributed by atoms with Crippen molar-refractivity contribution in [3.63, 3.8) is 0 Å². The molecular weight excluding hydrogens is 588 g/mol. The molecule has 0 atom stereocenters. The predicted molar refractivity (Wildman–Crippen MR) is 203 cm³/mol. The van der Waals surface area contributed by atoms with E-state index >= 15 is 0 Å². The highest BCUT2D eigenvalue weighted by Gasteiger charge is 2.47. The maximum Gasteiger partial charge on any atom is 0.272 e. The van der Waals surface area contributed by atoms with E-state index in [-0.39, 0.29) is 18.6 Å². The lowest BCUT2D eigenvalue weighted by Gasteiger charge is -2.52. The summed E-state index contributed by atoms with van der Waals surface area (Å²) in [4.78, 5) is 11.9. The summed E-state index contributed by atoms with van der Waals surface area (Å²) < 4.78 is 24.6. The van der Waals surface area contributed by atoms with Gasteiger partial charge in [0.1, 0.15) is 0 Å². The van der Waals surface area contributed by atoms with Gasteiger partial charge < -0.3 is 0 Å². The Hall–Kier alpha value is -0.340. The highest BCUT2D eigenvalue weighted by atomic mass is 19.3. The SMILES string of the molecule is CC(C)(C)N1CC(F)(F)C1.CC(C)(C)N1CCC1.CC(C)(C)N1CCCC1.CC1(C)CN(C(C)(C)C)C1.CCC1CN(C(C)(C)C)C1. The summed E-state index contributed by atoms with van der Waals surface area (Å²) in [6.07, 6.45) is 5.55. The molecule has 0 unspecified atom stereocenters. The summed E-state index contributed by atoms with van der Waals surface area (Å²) in [6.45, 7) is 50.4. The van der Waals surface area contributed by atoms with Crippen LogP contribution in [0.2, 0.25) is 0 Å². The Morgan fingerprint density at radius 1 is 0.468 bits per heavy atom. The van der Waals surface area contributed by atoms with E-state index in [1.807, 2.05) is 20.8 Å². The van der Waals surface area contributed by atoms with Gasteiger partial charge in [-0.3, -0.25) is 24.5 Å². The molecule has 282 valence electrons. The molecule has 5 aliphatic heterocycles. The molecule has 5 rings (SSSR count). The molecule has 0 amide bonds. The number of hydrogen-bond acceptors (Lipinski definition) is 5. The van der Waals surface area contributed by atoms with E-state index in [9.17, 15) is 8.78 Å². The van der Waals surface area contributed by atoms with Crippen LogP contribution in [0.4, 0.5) is 8.78 Å². The molecule has 0 N–H and O–H groups in total. The van der Waals surface area contributed by atoms with Gasteiger partial charge in [-0.1, -0.05) is 27.2 Å². The predicted octanol–water partition coefficient (Wildman–Crippen LogP) is 9.36. The number of halogens is 2. The second-order valence-corrected chi connectivity index (χ2v) is 20.8. The minimum absolute atomic E-state index is 0.0729. The Bertz CT molecular complexity index is 832. The van der Waals surface area contributed by atoms with Crippen molar-refractivity contribution < 1.29 is 8.78 Å². The van der Waals surface area contributed by atoms with E-state index in [0.29, 0.717) is 27.6 Å². The van der Waals surface area contributed by atoms with Crippen molar-refractivity contribution in [2.75, 3.05) is 65.4 Å². The number of likely N-dealkylation sites (tertiary alicyclic amines) is 5. The van der Waals surface area contributed by atoms with Gasteiger partial charge in [-0.2, -0.15) is 0 Å². The molecule has 5 heterocycles. The van der Waals surface area contributed by atoms with Crippen LogP contribution >= 0.6 is 0 Å². The zero-order valence-corrected chi connectivity index (χ0v) is 35.0. The molecule has 5 aliphatic rings. The fraction of sp³-hybridized carbons (Fsp3) is 1.00. The molecule has 0 spiro atoms. The second-order valence-electron chi connectivity index (χ2n) is 20.8. The van der Waals surface area contributed by atoms with Crippen molar-refractivity contribution in [2.45, 2.75) is 184 Å². The fourth-order valence-electron chi connectivity index (χ4n) is 6.20. The lowest BCUT2D eigenvalue weighted by atomic mass is 9.81. The van der Waals surface area contributed by atoms with Crippen molar-refractivity contribution in [3.05, 3.63) is 0 Å². The summed E-state index contributed by atoms with van der Waals surface area (Å²) in [5.74, 6) is -1.44. The van der Waals surface area contributed by atoms with Gasteiger partial charge >= 0.3 is 0 Å². The van der Waals surface area contributed by atoms with E-state index in [1.165, 1.54) is 78.0 Å². The van der Waals surface area contributed by atoms with E-state index < -0.39 is 5.92 Å². The summed E-state index contributed by atoms with van der Waals surface area (Å²) in [7, 11) is 0. The van der Waals surface area contributed by atoms with E-state index in [1.54, 1.807) is 4.90 Å². The van der Waals surface area contributed by atoms with Gasteiger partial charge in [0.05, 0.1) is 13.1 Å². The monoisotopic (exact) mass is 672 g/mol. The molecule has 0 bridgehead atoms. The van der Waals surface area contributed by atoms with Crippen LogP contribution in [-0.4, -0.2) is 124 Å². The van der Waals surface area contributed by atoms with Crippen LogP contribution in [0.5, 0.6) is 0 Å². The Morgan fingerprint density at radius 2 is 0.766 bits per heavy atom. The molecule has 5 fully saturated rings. The van der Waals surface area contributed by atoms with Gasteiger partial charge in [0.2, 0.25) is 0 Å². The zero-order valence-electron chi connectivity index (χ0n) is 35.0. The van der Waals surface area contributed by atoms with Gasteiger partial charge in [0, 0.05) is 53.9 Å². The van der Waals surface area contributed by atoms with Crippen molar-refractivity contribution >= 4 is 0 Å². The Kier molecular flexibility index (Phi) is 16.0. The van der Waals surface area contributed by atoms with Gasteiger partial charge in [-0.15, -0.1) is 0 Å². The molecule has 5 saturated heterocycles. The molecule has 7 heteroatoms. The highest BCUT2D eigenvalue weighted by Crippen LogP contribution is 2.34. The lowest BCUT2D eigenvalue weighted by molar-refractivity contribution is -0.160. The molecule has 5 nitrogen and oxygen atoms in total. The third-order valence-electron chi connectivity index (χ3n) is 10.3. The van der Waals surface area contributed by atoms with E-state index in [0.717, 1.165) is 5.92 Å². The average Bonchev–Trinajstić information content (AvgIpc) is 3.28. The number of rotatable bonds is 1. The maximum atomic E-state index is 12.3. The molecule has 0 radical (unpaired) electrons. The first-order chi connectivity index (χ1) is 20.9. The topological polar surface area (TPSA) is 16.2 Å². The zero-order chi connectivity index (χ0) is 36.9. The molecule has 0 aromatic carbocycles. The van der Waals surface area contributed by atoms with Crippen LogP contribution in [0.1, 0.15) is 150 Å². The number of nitrogens with zero attached hydrogens (tertiary/aromatic N) is 5. The number of alkyl halides is 2. The third kappa shape index (κ3) is 16.5. The minimum atomic E-state index is -2.42. The van der Waals surface area contributed by atoms with Crippen LogP contribution in [0.3, 0.4) is 0 Å². The molecular formula is C40H83F2N5. The first kappa shape index (κ1) is 44.7. The molecule has 0 aromatic heterocycles. The Balaban J connectivity index is 0.000000294. The van der Waals surface area contributed by atoms with Crippen molar-refractivity contribution in [3.8, 4) is 0 Å².